The molecule has 34 heavy (non-hydrogen) atoms. The van der Waals surface area contributed by atoms with E-state index in [-0.39, 0.29) is 18.2 Å². The number of ketones is 1. The maximum absolute atomic E-state index is 13.0. The minimum absolute atomic E-state index is 0.0215. The Morgan fingerprint density at radius 1 is 1.18 bits per heavy atom. The van der Waals surface area contributed by atoms with Crippen LogP contribution in [-0.4, -0.2) is 42.6 Å². The quantitative estimate of drug-likeness (QED) is 0.393. The molecule has 2 aromatic heterocycles. The van der Waals surface area contributed by atoms with E-state index in [2.05, 4.69) is 25.8 Å². The number of thiazole rings is 1. The van der Waals surface area contributed by atoms with Gasteiger partial charge in [-0.15, -0.1) is 21.5 Å². The average molecular weight is 483 g/mol. The third-order valence-electron chi connectivity index (χ3n) is 5.79. The van der Waals surface area contributed by atoms with Gasteiger partial charge in [0.2, 0.25) is 0 Å². The zero-order valence-electron chi connectivity index (χ0n) is 18.8. The van der Waals surface area contributed by atoms with Crippen LogP contribution in [0.1, 0.15) is 52.3 Å². The van der Waals surface area contributed by atoms with Crippen molar-refractivity contribution < 1.29 is 19.5 Å². The highest BCUT2D eigenvalue weighted by Gasteiger charge is 2.26. The summed E-state index contributed by atoms with van der Waals surface area (Å²) in [6.45, 7) is 1.73. The van der Waals surface area contributed by atoms with Crippen molar-refractivity contribution in [3.63, 3.8) is 0 Å². The molecule has 1 aliphatic rings. The van der Waals surface area contributed by atoms with E-state index in [1.54, 1.807) is 12.3 Å². The molecular formula is C23H26N6O4S. The van der Waals surface area contributed by atoms with Crippen LogP contribution in [0.15, 0.2) is 30.7 Å². The highest BCUT2D eigenvalue weighted by Crippen LogP contribution is 2.31. The highest BCUT2D eigenvalue weighted by atomic mass is 32.1. The number of nitrogens with one attached hydrogen (secondary N) is 2. The lowest BCUT2D eigenvalue weighted by atomic mass is 9.94. The van der Waals surface area contributed by atoms with Crippen LogP contribution in [0.2, 0.25) is 0 Å². The Hall–Kier alpha value is -3.60. The van der Waals surface area contributed by atoms with E-state index < -0.39 is 12.0 Å². The molecule has 1 aliphatic carbocycles. The fraction of sp³-hybridized carbons (Fsp3) is 0.391. The van der Waals surface area contributed by atoms with Gasteiger partial charge in [0, 0.05) is 29.0 Å². The maximum Gasteiger partial charge on any atom is 0.325 e. The normalized spacial score (nSPS) is 13.7. The molecule has 4 rings (SSSR count). The first-order valence-corrected chi connectivity index (χ1v) is 12.0. The molecule has 0 atom stereocenters. The lowest BCUT2D eigenvalue weighted by Gasteiger charge is -2.14. The Morgan fingerprint density at radius 3 is 2.74 bits per heavy atom. The summed E-state index contributed by atoms with van der Waals surface area (Å²) in [5, 5.41) is 22.6. The van der Waals surface area contributed by atoms with Crippen molar-refractivity contribution in [3.8, 4) is 0 Å². The number of amides is 2. The van der Waals surface area contributed by atoms with Crippen molar-refractivity contribution in [2.75, 3.05) is 10.6 Å². The third-order valence-corrected chi connectivity index (χ3v) is 6.76. The van der Waals surface area contributed by atoms with Gasteiger partial charge < -0.3 is 15.0 Å². The van der Waals surface area contributed by atoms with Gasteiger partial charge in [0.25, 0.3) is 0 Å². The van der Waals surface area contributed by atoms with E-state index in [9.17, 15) is 14.4 Å². The van der Waals surface area contributed by atoms with Crippen molar-refractivity contribution in [2.45, 2.75) is 52.0 Å². The molecule has 3 aromatic rings. The number of urea groups is 1. The number of carbonyl (C=O) groups excluding carboxylic acids is 2. The number of aliphatic carboxylic acids is 1. The standard InChI is InChI=1S/C23H26N6O4S/c1-14-6-8-18(17(10-14)21(32)15-4-2-3-5-15)26-22(33)27-23-24-11-16(34-23)7-9-19-28-25-13-29(19)12-20(30)31/h6,8,10-11,13,15H,2-5,7,9,12H2,1H3,(H,30,31)(H2,24,26,27,33). The van der Waals surface area contributed by atoms with Crippen LogP contribution in [-0.2, 0) is 24.2 Å². The fourth-order valence-electron chi connectivity index (χ4n) is 4.10. The van der Waals surface area contributed by atoms with Gasteiger partial charge in [0.05, 0.1) is 5.69 Å². The van der Waals surface area contributed by atoms with E-state index in [0.717, 1.165) is 36.1 Å². The Balaban J connectivity index is 1.36. The first kappa shape index (κ1) is 23.6. The van der Waals surface area contributed by atoms with Gasteiger partial charge >= 0.3 is 12.0 Å². The molecule has 0 saturated heterocycles. The van der Waals surface area contributed by atoms with Crippen LogP contribution in [0.5, 0.6) is 0 Å². The second-order valence-electron chi connectivity index (χ2n) is 8.37. The molecule has 1 aromatic carbocycles. The molecule has 178 valence electrons. The smallest absolute Gasteiger partial charge is 0.325 e. The topological polar surface area (TPSA) is 139 Å². The van der Waals surface area contributed by atoms with Crippen molar-refractivity contribution in [1.82, 2.24) is 19.7 Å². The highest BCUT2D eigenvalue weighted by molar-refractivity contribution is 7.15. The predicted molar refractivity (Wildman–Crippen MR) is 127 cm³/mol. The van der Waals surface area contributed by atoms with Crippen molar-refractivity contribution in [3.05, 3.63) is 52.6 Å². The number of carboxylic acids is 1. The summed E-state index contributed by atoms with van der Waals surface area (Å²) in [6, 6.07) is 5.00. The molecule has 1 saturated carbocycles. The SMILES string of the molecule is Cc1ccc(NC(=O)Nc2ncc(CCc3nncn3CC(=O)O)s2)c(C(=O)C2CCCC2)c1. The number of hydrogen-bond donors (Lipinski definition) is 3. The summed E-state index contributed by atoms with van der Waals surface area (Å²) in [5.74, 6) is -0.281. The van der Waals surface area contributed by atoms with E-state index >= 15 is 0 Å². The zero-order chi connectivity index (χ0) is 24.1. The molecule has 0 spiro atoms. The van der Waals surface area contributed by atoms with Gasteiger partial charge in [-0.2, -0.15) is 0 Å². The number of Topliss-reactive ketones (excluding diaryl/α,β-unsaturated/α-hetero) is 1. The van der Waals surface area contributed by atoms with Crippen LogP contribution in [0.3, 0.4) is 0 Å². The number of carbonyl (C=O) groups is 3. The number of rotatable bonds is 9. The van der Waals surface area contributed by atoms with Gasteiger partial charge in [-0.25, -0.2) is 9.78 Å². The van der Waals surface area contributed by atoms with E-state index in [4.69, 9.17) is 5.11 Å². The molecular weight excluding hydrogens is 456 g/mol. The number of anilines is 2. The number of benzene rings is 1. The lowest BCUT2D eigenvalue weighted by Crippen LogP contribution is -2.22. The van der Waals surface area contributed by atoms with Crippen LogP contribution < -0.4 is 10.6 Å². The largest absolute Gasteiger partial charge is 0.480 e. The van der Waals surface area contributed by atoms with E-state index in [1.807, 2.05) is 19.1 Å². The number of hydrogen-bond acceptors (Lipinski definition) is 7. The molecule has 1 fully saturated rings. The lowest BCUT2D eigenvalue weighted by molar-refractivity contribution is -0.137. The van der Waals surface area contributed by atoms with Gasteiger partial charge in [0.15, 0.2) is 10.9 Å². The number of aryl methyl sites for hydroxylation is 3. The van der Waals surface area contributed by atoms with Crippen molar-refractivity contribution in [2.24, 2.45) is 5.92 Å². The van der Waals surface area contributed by atoms with Crippen LogP contribution in [0.25, 0.3) is 0 Å². The van der Waals surface area contributed by atoms with Gasteiger partial charge in [-0.05, 0) is 38.3 Å². The van der Waals surface area contributed by atoms with Gasteiger partial charge in [-0.3, -0.25) is 14.9 Å². The Morgan fingerprint density at radius 2 is 1.97 bits per heavy atom. The Kier molecular flexibility index (Phi) is 7.31. The van der Waals surface area contributed by atoms with Crippen LogP contribution in [0.4, 0.5) is 15.6 Å². The molecule has 3 N–H and O–H groups in total. The molecule has 2 heterocycles. The number of nitrogens with zero attached hydrogens (tertiary/aromatic N) is 4. The average Bonchev–Trinajstić information content (AvgIpc) is 3.55. The second-order valence-corrected chi connectivity index (χ2v) is 9.49. The maximum atomic E-state index is 13.0. The van der Waals surface area contributed by atoms with E-state index in [0.29, 0.717) is 35.0 Å². The fourth-order valence-corrected chi connectivity index (χ4v) is 4.90. The summed E-state index contributed by atoms with van der Waals surface area (Å²) in [5.41, 5.74) is 2.01. The molecule has 10 nitrogen and oxygen atoms in total. The molecule has 11 heteroatoms. The van der Waals surface area contributed by atoms with E-state index in [1.165, 1.54) is 22.2 Å². The van der Waals surface area contributed by atoms with Gasteiger partial charge in [0.1, 0.15) is 18.7 Å². The molecule has 0 bridgehead atoms. The zero-order valence-corrected chi connectivity index (χ0v) is 19.6. The summed E-state index contributed by atoms with van der Waals surface area (Å²) < 4.78 is 1.49. The van der Waals surface area contributed by atoms with Crippen LogP contribution in [0, 0.1) is 12.8 Å². The summed E-state index contributed by atoms with van der Waals surface area (Å²) in [6.07, 6.45) is 8.06. The molecule has 2 amide bonds. The minimum atomic E-state index is -0.960. The summed E-state index contributed by atoms with van der Waals surface area (Å²) >= 11 is 1.32. The van der Waals surface area contributed by atoms with Crippen LogP contribution >= 0.6 is 11.3 Å². The molecule has 0 radical (unpaired) electrons. The van der Waals surface area contributed by atoms with Crippen molar-refractivity contribution >= 4 is 39.9 Å². The number of carboxylic acid groups (broad SMARTS) is 1. The van der Waals surface area contributed by atoms with Gasteiger partial charge in [-0.1, -0.05) is 24.5 Å². The summed E-state index contributed by atoms with van der Waals surface area (Å²) in [4.78, 5) is 41.7. The summed E-state index contributed by atoms with van der Waals surface area (Å²) in [7, 11) is 0. The monoisotopic (exact) mass is 482 g/mol. The molecule has 0 aliphatic heterocycles. The predicted octanol–water partition coefficient (Wildman–Crippen LogP) is 3.93. The third kappa shape index (κ3) is 5.84. The second kappa shape index (κ2) is 10.6. The molecule has 0 unspecified atom stereocenters. The Labute approximate surface area is 200 Å². The number of aromatic nitrogens is 4. The first-order chi connectivity index (χ1) is 16.4. The Bertz CT molecular complexity index is 1200. The minimum Gasteiger partial charge on any atom is -0.480 e. The first-order valence-electron chi connectivity index (χ1n) is 11.1. The van der Waals surface area contributed by atoms with Crippen molar-refractivity contribution in [1.29, 1.82) is 0 Å².